The van der Waals surface area contributed by atoms with Gasteiger partial charge >= 0.3 is 0 Å². The molecule has 22 heavy (non-hydrogen) atoms. The van der Waals surface area contributed by atoms with Crippen LogP contribution in [0.3, 0.4) is 0 Å². The second kappa shape index (κ2) is 7.11. The van der Waals surface area contributed by atoms with Gasteiger partial charge in [0.1, 0.15) is 5.75 Å². The fourth-order valence-corrected chi connectivity index (χ4v) is 3.29. The van der Waals surface area contributed by atoms with E-state index in [0.717, 1.165) is 63.5 Å². The molecule has 1 aromatic rings. The lowest BCUT2D eigenvalue weighted by atomic mass is 10.0. The summed E-state index contributed by atoms with van der Waals surface area (Å²) in [5.41, 5.74) is 0.741. The Morgan fingerprint density at radius 2 is 1.73 bits per heavy atom. The highest BCUT2D eigenvalue weighted by Gasteiger charge is 2.28. The van der Waals surface area contributed by atoms with Crippen molar-refractivity contribution in [2.45, 2.75) is 18.9 Å². The number of methoxy groups -OCH3 is 1. The lowest BCUT2D eigenvalue weighted by molar-refractivity contribution is 0.00159. The zero-order valence-electron chi connectivity index (χ0n) is 13.2. The molecular formula is C17H24N2O3. The van der Waals surface area contributed by atoms with Crippen molar-refractivity contribution in [3.8, 4) is 5.75 Å². The molecule has 0 radical (unpaired) electrons. The second-order valence-electron chi connectivity index (χ2n) is 5.90. The van der Waals surface area contributed by atoms with Crippen LogP contribution in [0.1, 0.15) is 23.2 Å². The molecule has 2 aliphatic heterocycles. The number of carbonyl (C=O) groups is 1. The lowest BCUT2D eigenvalue weighted by Crippen LogP contribution is -2.50. The van der Waals surface area contributed by atoms with Gasteiger partial charge in [-0.25, -0.2) is 0 Å². The average molecular weight is 304 g/mol. The van der Waals surface area contributed by atoms with E-state index in [2.05, 4.69) is 4.90 Å². The summed E-state index contributed by atoms with van der Waals surface area (Å²) in [5.74, 6) is 0.908. The molecule has 5 nitrogen and oxygen atoms in total. The van der Waals surface area contributed by atoms with Gasteiger partial charge in [0.15, 0.2) is 0 Å². The quantitative estimate of drug-likeness (QED) is 0.851. The molecule has 0 unspecified atom stereocenters. The summed E-state index contributed by atoms with van der Waals surface area (Å²) < 4.78 is 10.5. The highest BCUT2D eigenvalue weighted by atomic mass is 16.5. The Balaban J connectivity index is 1.54. The summed E-state index contributed by atoms with van der Waals surface area (Å²) in [4.78, 5) is 17.0. The minimum absolute atomic E-state index is 0.128. The van der Waals surface area contributed by atoms with Crippen LogP contribution in [0.15, 0.2) is 24.3 Å². The van der Waals surface area contributed by atoms with Crippen molar-refractivity contribution < 1.29 is 14.3 Å². The number of piperidine rings is 1. The molecule has 1 amide bonds. The van der Waals surface area contributed by atoms with E-state index in [-0.39, 0.29) is 5.91 Å². The third-order valence-corrected chi connectivity index (χ3v) is 4.65. The molecule has 120 valence electrons. The van der Waals surface area contributed by atoms with E-state index in [9.17, 15) is 4.79 Å². The Bertz CT molecular complexity index is 489. The first kappa shape index (κ1) is 15.3. The van der Waals surface area contributed by atoms with Crippen LogP contribution in [0.4, 0.5) is 0 Å². The average Bonchev–Trinajstić information content (AvgIpc) is 2.62. The first-order chi connectivity index (χ1) is 10.8. The van der Waals surface area contributed by atoms with E-state index < -0.39 is 0 Å². The predicted octanol–water partition coefficient (Wildman–Crippen LogP) is 1.63. The Morgan fingerprint density at radius 1 is 1.09 bits per heavy atom. The van der Waals surface area contributed by atoms with Crippen LogP contribution in [-0.2, 0) is 4.74 Å². The van der Waals surface area contributed by atoms with Crippen molar-refractivity contribution in [2.24, 2.45) is 0 Å². The van der Waals surface area contributed by atoms with Crippen LogP contribution in [-0.4, -0.2) is 68.3 Å². The van der Waals surface area contributed by atoms with Crippen molar-refractivity contribution >= 4 is 5.91 Å². The molecule has 1 aromatic carbocycles. The maximum Gasteiger partial charge on any atom is 0.253 e. The topological polar surface area (TPSA) is 42.0 Å². The Hall–Kier alpha value is -1.59. The summed E-state index contributed by atoms with van der Waals surface area (Å²) in [6.07, 6.45) is 2.11. The zero-order chi connectivity index (χ0) is 15.4. The first-order valence-electron chi connectivity index (χ1n) is 8.03. The van der Waals surface area contributed by atoms with Gasteiger partial charge < -0.3 is 14.4 Å². The van der Waals surface area contributed by atoms with E-state index in [1.807, 2.05) is 29.2 Å². The van der Waals surface area contributed by atoms with Crippen LogP contribution >= 0.6 is 0 Å². The molecule has 3 rings (SSSR count). The molecule has 2 fully saturated rings. The molecule has 2 heterocycles. The highest BCUT2D eigenvalue weighted by molar-refractivity contribution is 5.94. The number of nitrogens with zero attached hydrogens (tertiary/aromatic N) is 2. The number of hydrogen-bond acceptors (Lipinski definition) is 4. The highest BCUT2D eigenvalue weighted by Crippen LogP contribution is 2.20. The number of amides is 1. The Labute approximate surface area is 131 Å². The minimum Gasteiger partial charge on any atom is -0.497 e. The SMILES string of the molecule is COc1ccc(C(=O)N2CCC(N3CCOCC3)CC2)cc1. The number of morpholine rings is 1. The molecule has 0 aliphatic carbocycles. The van der Waals surface area contributed by atoms with Crippen molar-refractivity contribution in [3.05, 3.63) is 29.8 Å². The van der Waals surface area contributed by atoms with Gasteiger partial charge in [-0.1, -0.05) is 0 Å². The summed E-state index contributed by atoms with van der Waals surface area (Å²) in [5, 5.41) is 0. The van der Waals surface area contributed by atoms with Gasteiger partial charge in [0.05, 0.1) is 20.3 Å². The number of hydrogen-bond donors (Lipinski definition) is 0. The predicted molar refractivity (Wildman–Crippen MR) is 84.3 cm³/mol. The van der Waals surface area contributed by atoms with Crippen LogP contribution < -0.4 is 4.74 Å². The minimum atomic E-state index is 0.128. The van der Waals surface area contributed by atoms with Crippen molar-refractivity contribution in [1.29, 1.82) is 0 Å². The van der Waals surface area contributed by atoms with Crippen LogP contribution in [0.25, 0.3) is 0 Å². The number of benzene rings is 1. The fourth-order valence-electron chi connectivity index (χ4n) is 3.29. The van der Waals surface area contributed by atoms with Gasteiger partial charge in [-0.05, 0) is 37.1 Å². The van der Waals surface area contributed by atoms with E-state index in [0.29, 0.717) is 6.04 Å². The summed E-state index contributed by atoms with van der Waals surface area (Å²) in [7, 11) is 1.63. The Kier molecular flexibility index (Phi) is 4.95. The normalized spacial score (nSPS) is 20.9. The van der Waals surface area contributed by atoms with E-state index >= 15 is 0 Å². The number of ether oxygens (including phenoxy) is 2. The van der Waals surface area contributed by atoms with Crippen LogP contribution in [0.5, 0.6) is 5.75 Å². The molecule has 0 spiro atoms. The number of likely N-dealkylation sites (tertiary alicyclic amines) is 1. The number of rotatable bonds is 3. The summed E-state index contributed by atoms with van der Waals surface area (Å²) >= 11 is 0. The van der Waals surface area contributed by atoms with Crippen molar-refractivity contribution in [2.75, 3.05) is 46.5 Å². The molecule has 0 atom stereocenters. The maximum absolute atomic E-state index is 12.5. The van der Waals surface area contributed by atoms with Gasteiger partial charge in [-0.3, -0.25) is 9.69 Å². The van der Waals surface area contributed by atoms with Gasteiger partial charge in [0.2, 0.25) is 0 Å². The number of carbonyl (C=O) groups excluding carboxylic acids is 1. The molecule has 2 saturated heterocycles. The second-order valence-corrected chi connectivity index (χ2v) is 5.90. The van der Waals surface area contributed by atoms with Crippen LogP contribution in [0.2, 0.25) is 0 Å². The zero-order valence-corrected chi connectivity index (χ0v) is 13.2. The molecule has 0 saturated carbocycles. The standard InChI is InChI=1S/C17H24N2O3/c1-21-16-4-2-14(3-5-16)17(20)19-8-6-15(7-9-19)18-10-12-22-13-11-18/h2-5,15H,6-13H2,1H3. The molecule has 2 aliphatic rings. The third kappa shape index (κ3) is 3.42. The van der Waals surface area contributed by atoms with E-state index in [4.69, 9.17) is 9.47 Å². The smallest absolute Gasteiger partial charge is 0.253 e. The molecular weight excluding hydrogens is 280 g/mol. The van der Waals surface area contributed by atoms with Gasteiger partial charge in [-0.15, -0.1) is 0 Å². The Morgan fingerprint density at radius 3 is 2.32 bits per heavy atom. The van der Waals surface area contributed by atoms with E-state index in [1.165, 1.54) is 0 Å². The maximum atomic E-state index is 12.5. The third-order valence-electron chi connectivity index (χ3n) is 4.65. The van der Waals surface area contributed by atoms with Gasteiger partial charge in [0, 0.05) is 37.8 Å². The van der Waals surface area contributed by atoms with Gasteiger partial charge in [-0.2, -0.15) is 0 Å². The lowest BCUT2D eigenvalue weighted by Gasteiger charge is -2.40. The van der Waals surface area contributed by atoms with Crippen LogP contribution in [0, 0.1) is 0 Å². The summed E-state index contributed by atoms with van der Waals surface area (Å²) in [6.45, 7) is 5.41. The van der Waals surface area contributed by atoms with Gasteiger partial charge in [0.25, 0.3) is 5.91 Å². The largest absolute Gasteiger partial charge is 0.497 e. The molecule has 0 N–H and O–H groups in total. The first-order valence-corrected chi connectivity index (χ1v) is 8.03. The molecule has 0 bridgehead atoms. The molecule has 5 heteroatoms. The summed E-state index contributed by atoms with van der Waals surface area (Å²) in [6, 6.07) is 7.97. The molecule has 0 aromatic heterocycles. The van der Waals surface area contributed by atoms with E-state index in [1.54, 1.807) is 7.11 Å². The fraction of sp³-hybridized carbons (Fsp3) is 0.588. The van der Waals surface area contributed by atoms with Crippen molar-refractivity contribution in [3.63, 3.8) is 0 Å². The monoisotopic (exact) mass is 304 g/mol. The van der Waals surface area contributed by atoms with Crippen molar-refractivity contribution in [1.82, 2.24) is 9.80 Å².